The van der Waals surface area contributed by atoms with Crippen molar-refractivity contribution in [2.45, 2.75) is 6.92 Å². The molecule has 1 amide bonds. The smallest absolute Gasteiger partial charge is 0.267 e. The van der Waals surface area contributed by atoms with Gasteiger partial charge in [0, 0.05) is 32.6 Å². The standard InChI is InChI=1S/C17H12Cl3N3O/c1-10-15(20)3-2-4-16(10)23-17(24)11(8-21)9-22-14-6-12(18)5-13(19)7-14/h2-7,9,22H,1H3,(H,23,24)/b11-9-. The normalized spacial score (nSPS) is 10.9. The van der Waals surface area contributed by atoms with Gasteiger partial charge in [-0.3, -0.25) is 4.79 Å². The van der Waals surface area contributed by atoms with E-state index in [1.807, 2.05) is 6.07 Å². The largest absolute Gasteiger partial charge is 0.360 e. The Morgan fingerprint density at radius 1 is 1.17 bits per heavy atom. The van der Waals surface area contributed by atoms with Crippen molar-refractivity contribution in [2.24, 2.45) is 0 Å². The van der Waals surface area contributed by atoms with Gasteiger partial charge in [0.05, 0.1) is 0 Å². The molecule has 0 saturated carbocycles. The maximum Gasteiger partial charge on any atom is 0.267 e. The van der Waals surface area contributed by atoms with Crippen LogP contribution in [0.25, 0.3) is 0 Å². The first-order valence-corrected chi connectivity index (χ1v) is 7.93. The lowest BCUT2D eigenvalue weighted by Crippen LogP contribution is -2.15. The third-order valence-electron chi connectivity index (χ3n) is 3.13. The highest BCUT2D eigenvalue weighted by atomic mass is 35.5. The number of halogens is 3. The van der Waals surface area contributed by atoms with Crippen LogP contribution in [0, 0.1) is 18.3 Å². The van der Waals surface area contributed by atoms with E-state index in [-0.39, 0.29) is 5.57 Å². The van der Waals surface area contributed by atoms with E-state index >= 15 is 0 Å². The van der Waals surface area contributed by atoms with Crippen molar-refractivity contribution in [3.8, 4) is 6.07 Å². The molecule has 0 heterocycles. The van der Waals surface area contributed by atoms with E-state index in [9.17, 15) is 10.1 Å². The third kappa shape index (κ3) is 4.65. The van der Waals surface area contributed by atoms with Crippen LogP contribution in [0.2, 0.25) is 15.1 Å². The number of hydrogen-bond acceptors (Lipinski definition) is 3. The van der Waals surface area contributed by atoms with Crippen LogP contribution in [0.5, 0.6) is 0 Å². The summed E-state index contributed by atoms with van der Waals surface area (Å²) in [4.78, 5) is 12.2. The Morgan fingerprint density at radius 3 is 2.46 bits per heavy atom. The van der Waals surface area contributed by atoms with Crippen molar-refractivity contribution in [3.05, 3.63) is 68.8 Å². The molecule has 0 aliphatic heterocycles. The minimum atomic E-state index is -0.552. The summed E-state index contributed by atoms with van der Waals surface area (Å²) < 4.78 is 0. The molecule has 2 aromatic rings. The first-order chi connectivity index (χ1) is 11.4. The number of carbonyl (C=O) groups is 1. The predicted molar refractivity (Wildman–Crippen MR) is 98.6 cm³/mol. The van der Waals surface area contributed by atoms with Gasteiger partial charge in [-0.25, -0.2) is 0 Å². The summed E-state index contributed by atoms with van der Waals surface area (Å²) in [7, 11) is 0. The topological polar surface area (TPSA) is 64.9 Å². The molecular weight excluding hydrogens is 369 g/mol. The number of hydrogen-bond donors (Lipinski definition) is 2. The summed E-state index contributed by atoms with van der Waals surface area (Å²) in [6.45, 7) is 1.78. The fourth-order valence-corrected chi connectivity index (χ4v) is 2.57. The average molecular weight is 381 g/mol. The van der Waals surface area contributed by atoms with Crippen LogP contribution in [-0.4, -0.2) is 5.91 Å². The second kappa shape index (κ2) is 8.07. The maximum atomic E-state index is 12.2. The summed E-state index contributed by atoms with van der Waals surface area (Å²) in [5, 5.41) is 16.1. The van der Waals surface area contributed by atoms with Crippen LogP contribution in [0.15, 0.2) is 48.2 Å². The van der Waals surface area contributed by atoms with Crippen molar-refractivity contribution < 1.29 is 4.79 Å². The molecule has 0 aromatic heterocycles. The van der Waals surface area contributed by atoms with E-state index in [4.69, 9.17) is 34.8 Å². The molecule has 24 heavy (non-hydrogen) atoms. The Morgan fingerprint density at radius 2 is 1.83 bits per heavy atom. The SMILES string of the molecule is Cc1c(Cl)cccc1NC(=O)/C(C#N)=C\Nc1cc(Cl)cc(Cl)c1. The number of nitriles is 1. The van der Waals surface area contributed by atoms with Gasteiger partial charge in [0.2, 0.25) is 0 Å². The fraction of sp³-hybridized carbons (Fsp3) is 0.0588. The van der Waals surface area contributed by atoms with Gasteiger partial charge in [-0.1, -0.05) is 40.9 Å². The molecule has 122 valence electrons. The number of amides is 1. The van der Waals surface area contributed by atoms with Gasteiger partial charge in [0.25, 0.3) is 5.91 Å². The zero-order valence-electron chi connectivity index (χ0n) is 12.5. The van der Waals surface area contributed by atoms with E-state index in [0.29, 0.717) is 26.4 Å². The van der Waals surface area contributed by atoms with E-state index in [2.05, 4.69) is 10.6 Å². The number of nitrogens with zero attached hydrogens (tertiary/aromatic N) is 1. The van der Waals surface area contributed by atoms with Crippen molar-refractivity contribution in [1.82, 2.24) is 0 Å². The van der Waals surface area contributed by atoms with Crippen LogP contribution in [0.1, 0.15) is 5.56 Å². The first kappa shape index (κ1) is 18.2. The quantitative estimate of drug-likeness (QED) is 0.550. The molecule has 7 heteroatoms. The second-order valence-corrected chi connectivity index (χ2v) is 6.12. The van der Waals surface area contributed by atoms with Crippen LogP contribution in [-0.2, 0) is 4.79 Å². The van der Waals surface area contributed by atoms with Crippen LogP contribution in [0.3, 0.4) is 0 Å². The molecule has 0 fully saturated rings. The van der Waals surface area contributed by atoms with E-state index in [1.165, 1.54) is 6.20 Å². The highest BCUT2D eigenvalue weighted by Crippen LogP contribution is 2.24. The lowest BCUT2D eigenvalue weighted by molar-refractivity contribution is -0.112. The zero-order valence-corrected chi connectivity index (χ0v) is 14.8. The van der Waals surface area contributed by atoms with Crippen LogP contribution in [0.4, 0.5) is 11.4 Å². The summed E-state index contributed by atoms with van der Waals surface area (Å²) in [6, 6.07) is 11.8. The van der Waals surface area contributed by atoms with Crippen LogP contribution < -0.4 is 10.6 Å². The van der Waals surface area contributed by atoms with Crippen LogP contribution >= 0.6 is 34.8 Å². The molecule has 0 atom stereocenters. The van der Waals surface area contributed by atoms with Crippen molar-refractivity contribution in [3.63, 3.8) is 0 Å². The van der Waals surface area contributed by atoms with Crippen molar-refractivity contribution >= 4 is 52.1 Å². The number of benzene rings is 2. The van der Waals surface area contributed by atoms with Gasteiger partial charge in [-0.15, -0.1) is 0 Å². The lowest BCUT2D eigenvalue weighted by Gasteiger charge is -2.09. The first-order valence-electron chi connectivity index (χ1n) is 6.80. The number of nitrogens with one attached hydrogen (secondary N) is 2. The molecule has 0 spiro atoms. The molecule has 0 saturated heterocycles. The molecule has 2 N–H and O–H groups in total. The molecule has 0 radical (unpaired) electrons. The number of carbonyl (C=O) groups excluding carboxylic acids is 1. The van der Waals surface area contributed by atoms with E-state index < -0.39 is 5.91 Å². The lowest BCUT2D eigenvalue weighted by atomic mass is 10.2. The fourth-order valence-electron chi connectivity index (χ4n) is 1.87. The maximum absolute atomic E-state index is 12.2. The van der Waals surface area contributed by atoms with Crippen molar-refractivity contribution in [2.75, 3.05) is 10.6 Å². The molecule has 0 aliphatic rings. The van der Waals surface area contributed by atoms with Gasteiger partial charge < -0.3 is 10.6 Å². The minimum Gasteiger partial charge on any atom is -0.360 e. The molecule has 2 aromatic carbocycles. The Labute approximate surface area is 154 Å². The summed E-state index contributed by atoms with van der Waals surface area (Å²) in [6.07, 6.45) is 1.29. The number of anilines is 2. The van der Waals surface area contributed by atoms with Gasteiger partial charge in [0.1, 0.15) is 11.6 Å². The van der Waals surface area contributed by atoms with Crippen molar-refractivity contribution in [1.29, 1.82) is 5.26 Å². The highest BCUT2D eigenvalue weighted by Gasteiger charge is 2.11. The molecule has 4 nitrogen and oxygen atoms in total. The predicted octanol–water partition coefficient (Wildman–Crippen LogP) is 5.41. The Balaban J connectivity index is 2.16. The molecule has 2 rings (SSSR count). The van der Waals surface area contributed by atoms with Gasteiger partial charge in [0.15, 0.2) is 0 Å². The Kier molecular flexibility index (Phi) is 6.10. The molecule has 0 bridgehead atoms. The summed E-state index contributed by atoms with van der Waals surface area (Å²) >= 11 is 17.8. The Bertz CT molecular complexity index is 836. The monoisotopic (exact) mass is 379 g/mol. The van der Waals surface area contributed by atoms with E-state index in [1.54, 1.807) is 43.3 Å². The van der Waals surface area contributed by atoms with E-state index in [0.717, 1.165) is 5.56 Å². The highest BCUT2D eigenvalue weighted by molar-refractivity contribution is 6.35. The second-order valence-electron chi connectivity index (χ2n) is 4.84. The number of rotatable bonds is 4. The molecular formula is C17H12Cl3N3O. The Hall–Kier alpha value is -2.19. The molecule has 0 unspecified atom stereocenters. The zero-order chi connectivity index (χ0) is 17.7. The molecule has 0 aliphatic carbocycles. The van der Waals surface area contributed by atoms with Gasteiger partial charge >= 0.3 is 0 Å². The van der Waals surface area contributed by atoms with Gasteiger partial charge in [-0.05, 0) is 42.8 Å². The van der Waals surface area contributed by atoms with Gasteiger partial charge in [-0.2, -0.15) is 5.26 Å². The third-order valence-corrected chi connectivity index (χ3v) is 3.97. The summed E-state index contributed by atoms with van der Waals surface area (Å²) in [5.74, 6) is -0.552. The summed E-state index contributed by atoms with van der Waals surface area (Å²) in [5.41, 5.74) is 1.72. The average Bonchev–Trinajstić information content (AvgIpc) is 2.51. The minimum absolute atomic E-state index is 0.106.